The lowest BCUT2D eigenvalue weighted by Crippen LogP contribution is -2.22. The van der Waals surface area contributed by atoms with Crippen LogP contribution in [0.25, 0.3) is 0 Å². The fourth-order valence-corrected chi connectivity index (χ4v) is 1.18. The molecule has 0 saturated carbocycles. The summed E-state index contributed by atoms with van der Waals surface area (Å²) in [6.07, 6.45) is 0.213. The van der Waals surface area contributed by atoms with E-state index in [0.717, 1.165) is 0 Å². The van der Waals surface area contributed by atoms with E-state index < -0.39 is 33.6 Å². The van der Waals surface area contributed by atoms with E-state index in [-0.39, 0.29) is 13.0 Å². The molecule has 0 aliphatic heterocycles. The fraction of sp³-hybridized carbons (Fsp3) is 0.455. The van der Waals surface area contributed by atoms with Crippen LogP contribution in [0.2, 0.25) is 0 Å². The fourth-order valence-electron chi connectivity index (χ4n) is 1.18. The Morgan fingerprint density at radius 3 is 2.50 bits per heavy atom. The molecule has 0 atom stereocenters. The Hall–Kier alpha value is -1.76. The van der Waals surface area contributed by atoms with Crippen LogP contribution in [0.5, 0.6) is 5.75 Å². The van der Waals surface area contributed by atoms with E-state index in [9.17, 15) is 24.0 Å². The summed E-state index contributed by atoms with van der Waals surface area (Å²) in [6, 6.07) is 1.09. The molecule has 18 heavy (non-hydrogen) atoms. The second kappa shape index (κ2) is 5.26. The summed E-state index contributed by atoms with van der Waals surface area (Å²) < 4.78 is 31.5. The highest BCUT2D eigenvalue weighted by Crippen LogP contribution is 2.26. The largest absolute Gasteiger partial charge is 0.490 e. The van der Waals surface area contributed by atoms with Gasteiger partial charge in [-0.15, -0.1) is 0 Å². The van der Waals surface area contributed by atoms with Crippen molar-refractivity contribution in [1.29, 1.82) is 0 Å². The average Bonchev–Trinajstić information content (AvgIpc) is 2.20. The summed E-state index contributed by atoms with van der Waals surface area (Å²) in [5, 5.41) is 19.8. The molecular formula is C11H13F2NO4. The third kappa shape index (κ3) is 3.92. The van der Waals surface area contributed by atoms with Crippen molar-refractivity contribution in [2.45, 2.75) is 25.9 Å². The van der Waals surface area contributed by atoms with Gasteiger partial charge in [0.25, 0.3) is 0 Å². The number of nitrogens with zero attached hydrogens (tertiary/aromatic N) is 1. The number of hydrogen-bond donors (Lipinski definition) is 1. The molecule has 1 aromatic rings. The Balaban J connectivity index is 2.79. The van der Waals surface area contributed by atoms with E-state index >= 15 is 0 Å². The van der Waals surface area contributed by atoms with Gasteiger partial charge in [-0.2, -0.15) is 4.39 Å². The van der Waals surface area contributed by atoms with E-state index in [1.165, 1.54) is 0 Å². The van der Waals surface area contributed by atoms with Crippen LogP contribution in [0.4, 0.5) is 14.5 Å². The molecule has 0 aliphatic rings. The van der Waals surface area contributed by atoms with Crippen LogP contribution in [0.15, 0.2) is 12.1 Å². The summed E-state index contributed by atoms with van der Waals surface area (Å²) in [7, 11) is 0. The zero-order chi connectivity index (χ0) is 13.9. The van der Waals surface area contributed by atoms with Crippen molar-refractivity contribution < 1.29 is 23.5 Å². The predicted octanol–water partition coefficient (Wildman–Crippen LogP) is 2.41. The van der Waals surface area contributed by atoms with Gasteiger partial charge in [-0.25, -0.2) is 4.39 Å². The third-order valence-electron chi connectivity index (χ3n) is 2.17. The number of nitro groups is 1. The molecule has 0 heterocycles. The molecule has 100 valence electrons. The molecule has 7 heteroatoms. The van der Waals surface area contributed by atoms with Crippen molar-refractivity contribution in [2.24, 2.45) is 0 Å². The zero-order valence-corrected chi connectivity index (χ0v) is 9.94. The van der Waals surface area contributed by atoms with E-state index in [4.69, 9.17) is 4.74 Å². The first-order chi connectivity index (χ1) is 8.20. The summed E-state index contributed by atoms with van der Waals surface area (Å²) in [6.45, 7) is 3.06. The van der Waals surface area contributed by atoms with Crippen molar-refractivity contribution in [3.63, 3.8) is 0 Å². The maximum Gasteiger partial charge on any atom is 0.307 e. The third-order valence-corrected chi connectivity index (χ3v) is 2.17. The first kappa shape index (κ1) is 14.3. The van der Waals surface area contributed by atoms with Crippen LogP contribution in [0.1, 0.15) is 20.3 Å². The van der Waals surface area contributed by atoms with Crippen LogP contribution in [0, 0.1) is 21.7 Å². The van der Waals surface area contributed by atoms with Crippen LogP contribution < -0.4 is 4.74 Å². The minimum Gasteiger partial charge on any atom is -0.490 e. The molecule has 1 N–H and O–H groups in total. The second-order valence-corrected chi connectivity index (χ2v) is 4.40. The molecule has 0 unspecified atom stereocenters. The van der Waals surface area contributed by atoms with Gasteiger partial charge in [-0.3, -0.25) is 10.1 Å². The van der Waals surface area contributed by atoms with E-state index in [2.05, 4.69) is 0 Å². The standard InChI is InChI=1S/C11H13F2NO4/c1-11(2,15)3-4-18-10-6-7(12)9(14(16)17)5-8(10)13/h5-6,15H,3-4H2,1-2H3. The van der Waals surface area contributed by atoms with Crippen molar-refractivity contribution in [1.82, 2.24) is 0 Å². The van der Waals surface area contributed by atoms with E-state index in [1.54, 1.807) is 13.8 Å². The SMILES string of the molecule is CC(C)(O)CCOc1cc(F)c([N+](=O)[O-])cc1F. The Kier molecular flexibility index (Phi) is 4.18. The molecule has 0 saturated heterocycles. The molecule has 1 rings (SSSR count). The van der Waals surface area contributed by atoms with Crippen LogP contribution in [0.3, 0.4) is 0 Å². The van der Waals surface area contributed by atoms with Gasteiger partial charge in [-0.05, 0) is 13.8 Å². The zero-order valence-electron chi connectivity index (χ0n) is 9.94. The highest BCUT2D eigenvalue weighted by atomic mass is 19.1. The summed E-state index contributed by atoms with van der Waals surface area (Å²) in [5.41, 5.74) is -1.93. The Bertz CT molecular complexity index is 457. The number of hydrogen-bond acceptors (Lipinski definition) is 4. The van der Waals surface area contributed by atoms with Gasteiger partial charge in [-0.1, -0.05) is 0 Å². The highest BCUT2D eigenvalue weighted by Gasteiger charge is 2.20. The lowest BCUT2D eigenvalue weighted by Gasteiger charge is -2.17. The number of nitro benzene ring substituents is 1. The smallest absolute Gasteiger partial charge is 0.307 e. The van der Waals surface area contributed by atoms with Crippen molar-refractivity contribution in [2.75, 3.05) is 6.61 Å². The monoisotopic (exact) mass is 261 g/mol. The molecule has 0 aliphatic carbocycles. The number of halogens is 2. The van der Waals surface area contributed by atoms with Crippen LogP contribution in [-0.2, 0) is 0 Å². The van der Waals surface area contributed by atoms with E-state index in [0.29, 0.717) is 12.1 Å². The minimum atomic E-state index is -1.17. The summed E-state index contributed by atoms with van der Waals surface area (Å²) in [5.74, 6) is -2.60. The molecule has 0 bridgehead atoms. The highest BCUT2D eigenvalue weighted by molar-refractivity contribution is 5.39. The molecule has 1 aromatic carbocycles. The lowest BCUT2D eigenvalue weighted by molar-refractivity contribution is -0.387. The molecule has 0 amide bonds. The molecule has 5 nitrogen and oxygen atoms in total. The van der Waals surface area contributed by atoms with Gasteiger partial charge in [0.15, 0.2) is 11.6 Å². The summed E-state index contributed by atoms with van der Waals surface area (Å²) in [4.78, 5) is 9.34. The topological polar surface area (TPSA) is 72.6 Å². The van der Waals surface area contributed by atoms with Gasteiger partial charge < -0.3 is 9.84 Å². The Labute approximate surface area is 102 Å². The molecule has 0 radical (unpaired) electrons. The Morgan fingerprint density at radius 2 is 2.00 bits per heavy atom. The van der Waals surface area contributed by atoms with E-state index in [1.807, 2.05) is 0 Å². The summed E-state index contributed by atoms with van der Waals surface area (Å²) >= 11 is 0. The number of ether oxygens (including phenoxy) is 1. The number of aliphatic hydroxyl groups is 1. The predicted molar refractivity (Wildman–Crippen MR) is 59.4 cm³/mol. The normalized spacial score (nSPS) is 11.4. The molecule has 0 spiro atoms. The minimum absolute atomic E-state index is 0.0301. The van der Waals surface area contributed by atoms with Crippen molar-refractivity contribution in [3.05, 3.63) is 33.9 Å². The van der Waals surface area contributed by atoms with Crippen molar-refractivity contribution in [3.8, 4) is 5.75 Å². The van der Waals surface area contributed by atoms with Gasteiger partial charge >= 0.3 is 5.69 Å². The first-order valence-electron chi connectivity index (χ1n) is 5.19. The molecule has 0 fully saturated rings. The second-order valence-electron chi connectivity index (χ2n) is 4.40. The van der Waals surface area contributed by atoms with Crippen molar-refractivity contribution >= 4 is 5.69 Å². The average molecular weight is 261 g/mol. The quantitative estimate of drug-likeness (QED) is 0.652. The maximum absolute atomic E-state index is 13.4. The first-order valence-corrected chi connectivity index (χ1v) is 5.19. The Morgan fingerprint density at radius 1 is 1.39 bits per heavy atom. The van der Waals surface area contributed by atoms with Gasteiger partial charge in [0.1, 0.15) is 0 Å². The lowest BCUT2D eigenvalue weighted by atomic mass is 10.1. The maximum atomic E-state index is 13.4. The van der Waals surface area contributed by atoms with Crippen LogP contribution >= 0.6 is 0 Å². The molecule has 0 aromatic heterocycles. The van der Waals surface area contributed by atoms with Gasteiger partial charge in [0.05, 0.1) is 23.2 Å². The van der Waals surface area contributed by atoms with Gasteiger partial charge in [0.2, 0.25) is 5.82 Å². The van der Waals surface area contributed by atoms with Gasteiger partial charge in [0, 0.05) is 12.5 Å². The molecular weight excluding hydrogens is 248 g/mol. The number of benzene rings is 1. The van der Waals surface area contributed by atoms with Crippen LogP contribution in [-0.4, -0.2) is 22.2 Å². The number of rotatable bonds is 5.